The molecule has 5 nitrogen and oxygen atoms in total. The van der Waals surface area contributed by atoms with E-state index < -0.39 is 0 Å². The maximum absolute atomic E-state index is 5.41. The van der Waals surface area contributed by atoms with Gasteiger partial charge in [0.05, 0.1) is 0 Å². The second kappa shape index (κ2) is 8.04. The molecule has 2 N–H and O–H groups in total. The molecule has 0 fully saturated rings. The molecule has 0 radical (unpaired) electrons. The van der Waals surface area contributed by atoms with Gasteiger partial charge in [-0.05, 0) is 33.6 Å². The van der Waals surface area contributed by atoms with Crippen molar-refractivity contribution >= 4 is 11.6 Å². The zero-order chi connectivity index (χ0) is 15.0. The van der Waals surface area contributed by atoms with E-state index in [0.29, 0.717) is 19.0 Å². The molecule has 0 aliphatic heterocycles. The highest BCUT2D eigenvalue weighted by molar-refractivity contribution is 5.48. The van der Waals surface area contributed by atoms with Crippen molar-refractivity contribution in [2.75, 3.05) is 23.8 Å². The van der Waals surface area contributed by atoms with Gasteiger partial charge in [-0.25, -0.2) is 9.97 Å². The number of nitrogens with zero attached hydrogens (tertiary/aromatic N) is 2. The van der Waals surface area contributed by atoms with Crippen LogP contribution in [0.3, 0.4) is 0 Å². The minimum absolute atomic E-state index is 0.0563. The van der Waals surface area contributed by atoms with Crippen LogP contribution in [0.1, 0.15) is 53.3 Å². The summed E-state index contributed by atoms with van der Waals surface area (Å²) in [5, 5.41) is 6.76. The van der Waals surface area contributed by atoms with Gasteiger partial charge in [0.2, 0.25) is 0 Å². The largest absolute Gasteiger partial charge is 0.374 e. The Morgan fingerprint density at radius 2 is 1.75 bits per heavy atom. The molecule has 0 saturated carbocycles. The van der Waals surface area contributed by atoms with Crippen LogP contribution in [0.5, 0.6) is 0 Å². The van der Waals surface area contributed by atoms with Crippen molar-refractivity contribution in [1.29, 1.82) is 0 Å². The van der Waals surface area contributed by atoms with Gasteiger partial charge in [0.25, 0.3) is 0 Å². The Labute approximate surface area is 122 Å². The third-order valence-corrected chi connectivity index (χ3v) is 3.56. The average Bonchev–Trinajstić information content (AvgIpc) is 2.45. The summed E-state index contributed by atoms with van der Waals surface area (Å²) >= 11 is 0. The summed E-state index contributed by atoms with van der Waals surface area (Å²) in [6.45, 7) is 12.6. The summed E-state index contributed by atoms with van der Waals surface area (Å²) in [6, 6.07) is 1.96. The van der Waals surface area contributed by atoms with Gasteiger partial charge in [-0.3, -0.25) is 0 Å². The van der Waals surface area contributed by atoms with Gasteiger partial charge in [-0.2, -0.15) is 0 Å². The maximum Gasteiger partial charge on any atom is 0.158 e. The number of hydrogen-bond acceptors (Lipinski definition) is 5. The quantitative estimate of drug-likeness (QED) is 0.725. The molecule has 0 atom stereocenters. The molecule has 0 aromatic carbocycles. The van der Waals surface area contributed by atoms with Gasteiger partial charge in [-0.15, -0.1) is 0 Å². The van der Waals surface area contributed by atoms with Gasteiger partial charge in [0.15, 0.2) is 5.82 Å². The molecular formula is C15H28N4O. The van der Waals surface area contributed by atoms with Crippen LogP contribution in [0.2, 0.25) is 0 Å². The highest BCUT2D eigenvalue weighted by atomic mass is 16.5. The highest BCUT2D eigenvalue weighted by Gasteiger charge is 2.20. The minimum Gasteiger partial charge on any atom is -0.374 e. The van der Waals surface area contributed by atoms with Crippen molar-refractivity contribution < 1.29 is 4.74 Å². The second-order valence-corrected chi connectivity index (χ2v) is 5.11. The Balaban J connectivity index is 2.95. The number of nitrogens with one attached hydrogen (secondary N) is 2. The number of aromatic nitrogens is 2. The first kappa shape index (κ1) is 16.7. The van der Waals surface area contributed by atoms with E-state index in [1.807, 2.05) is 13.0 Å². The molecule has 1 heterocycles. The van der Waals surface area contributed by atoms with Gasteiger partial charge in [0, 0.05) is 24.8 Å². The fourth-order valence-electron chi connectivity index (χ4n) is 1.83. The zero-order valence-electron chi connectivity index (χ0n) is 13.4. The lowest BCUT2D eigenvalue weighted by molar-refractivity contribution is 0.128. The van der Waals surface area contributed by atoms with E-state index in [9.17, 15) is 0 Å². The highest BCUT2D eigenvalue weighted by Crippen LogP contribution is 2.22. The summed E-state index contributed by atoms with van der Waals surface area (Å²) in [6.07, 6.45) is 2.09. The van der Waals surface area contributed by atoms with E-state index in [2.05, 4.69) is 48.3 Å². The van der Waals surface area contributed by atoms with E-state index >= 15 is 0 Å². The molecule has 20 heavy (non-hydrogen) atoms. The van der Waals surface area contributed by atoms with Crippen LogP contribution in [0.4, 0.5) is 11.6 Å². The maximum atomic E-state index is 5.41. The Morgan fingerprint density at radius 1 is 1.10 bits per heavy atom. The van der Waals surface area contributed by atoms with Crippen molar-refractivity contribution in [3.05, 3.63) is 11.9 Å². The zero-order valence-corrected chi connectivity index (χ0v) is 13.4. The average molecular weight is 280 g/mol. The van der Waals surface area contributed by atoms with Crippen molar-refractivity contribution in [2.24, 2.45) is 0 Å². The normalized spacial score (nSPS) is 11.4. The third-order valence-electron chi connectivity index (χ3n) is 3.56. The van der Waals surface area contributed by atoms with Crippen LogP contribution in [-0.2, 0) is 11.3 Å². The molecule has 0 spiro atoms. The van der Waals surface area contributed by atoms with Crippen LogP contribution in [-0.4, -0.2) is 28.7 Å². The van der Waals surface area contributed by atoms with E-state index in [-0.39, 0.29) is 5.54 Å². The van der Waals surface area contributed by atoms with E-state index in [1.165, 1.54) is 0 Å². The fraction of sp³-hybridized carbons (Fsp3) is 0.733. The molecule has 0 aliphatic carbocycles. The van der Waals surface area contributed by atoms with Crippen LogP contribution in [0.25, 0.3) is 0 Å². The molecule has 114 valence electrons. The van der Waals surface area contributed by atoms with Crippen LogP contribution >= 0.6 is 0 Å². The monoisotopic (exact) mass is 280 g/mol. The molecule has 0 bridgehead atoms. The predicted molar refractivity (Wildman–Crippen MR) is 84.1 cm³/mol. The van der Waals surface area contributed by atoms with Crippen LogP contribution < -0.4 is 10.6 Å². The summed E-state index contributed by atoms with van der Waals surface area (Å²) in [7, 11) is 0. The molecular weight excluding hydrogens is 252 g/mol. The lowest BCUT2D eigenvalue weighted by Gasteiger charge is -2.29. The van der Waals surface area contributed by atoms with Crippen LogP contribution in [0, 0.1) is 0 Å². The van der Waals surface area contributed by atoms with Crippen molar-refractivity contribution in [3.63, 3.8) is 0 Å². The summed E-state index contributed by atoms with van der Waals surface area (Å²) in [5.41, 5.74) is 0.0563. The molecule has 0 saturated heterocycles. The Morgan fingerprint density at radius 3 is 2.30 bits per heavy atom. The molecule has 0 unspecified atom stereocenters. The summed E-state index contributed by atoms with van der Waals surface area (Å²) in [5.74, 6) is 2.41. The van der Waals surface area contributed by atoms with Crippen molar-refractivity contribution in [1.82, 2.24) is 9.97 Å². The minimum atomic E-state index is 0.0563. The smallest absolute Gasteiger partial charge is 0.158 e. The van der Waals surface area contributed by atoms with Gasteiger partial charge >= 0.3 is 0 Å². The number of rotatable bonds is 9. The van der Waals surface area contributed by atoms with Gasteiger partial charge in [0.1, 0.15) is 18.2 Å². The van der Waals surface area contributed by atoms with Gasteiger partial charge < -0.3 is 15.4 Å². The van der Waals surface area contributed by atoms with Gasteiger partial charge in [-0.1, -0.05) is 13.8 Å². The SMILES string of the molecule is CCNc1cc(NC(C)(CC)CC)nc(COCC)n1. The van der Waals surface area contributed by atoms with Crippen molar-refractivity contribution in [3.8, 4) is 0 Å². The number of ether oxygens (including phenoxy) is 1. The first-order chi connectivity index (χ1) is 9.56. The number of anilines is 2. The van der Waals surface area contributed by atoms with Crippen molar-refractivity contribution in [2.45, 2.75) is 59.6 Å². The molecule has 0 amide bonds. The Hall–Kier alpha value is -1.36. The molecule has 0 aliphatic rings. The lowest BCUT2D eigenvalue weighted by Crippen LogP contribution is -2.33. The predicted octanol–water partition coefficient (Wildman–Crippen LogP) is 3.44. The Bertz CT molecular complexity index is 405. The first-order valence-corrected chi connectivity index (χ1v) is 7.54. The van der Waals surface area contributed by atoms with Crippen LogP contribution in [0.15, 0.2) is 6.07 Å². The summed E-state index contributed by atoms with van der Waals surface area (Å²) < 4.78 is 5.41. The lowest BCUT2D eigenvalue weighted by atomic mass is 9.96. The second-order valence-electron chi connectivity index (χ2n) is 5.11. The molecule has 5 heteroatoms. The molecule has 1 rings (SSSR count). The van der Waals surface area contributed by atoms with E-state index in [4.69, 9.17) is 4.74 Å². The first-order valence-electron chi connectivity index (χ1n) is 7.54. The molecule has 1 aromatic rings. The summed E-state index contributed by atoms with van der Waals surface area (Å²) in [4.78, 5) is 9.00. The standard InChI is InChI=1S/C15H28N4O/c1-6-15(5,7-2)19-13-10-12(16-8-3)17-14(18-13)11-20-9-4/h10H,6-9,11H2,1-5H3,(H2,16,17,18,19). The fourth-order valence-corrected chi connectivity index (χ4v) is 1.83. The number of hydrogen-bond donors (Lipinski definition) is 2. The third kappa shape index (κ3) is 4.96. The van der Waals surface area contributed by atoms with E-state index in [1.54, 1.807) is 0 Å². The molecule has 1 aromatic heterocycles. The van der Waals surface area contributed by atoms with E-state index in [0.717, 1.165) is 31.0 Å². The Kier molecular flexibility index (Phi) is 6.71. The topological polar surface area (TPSA) is 59.1 Å².